The van der Waals surface area contributed by atoms with E-state index in [1.165, 1.54) is 4.80 Å². The van der Waals surface area contributed by atoms with Crippen LogP contribution in [-0.4, -0.2) is 58.5 Å². The van der Waals surface area contributed by atoms with Gasteiger partial charge in [0.1, 0.15) is 11.3 Å². The first-order chi connectivity index (χ1) is 13.8. The zero-order chi connectivity index (χ0) is 20.6. The summed E-state index contributed by atoms with van der Waals surface area (Å²) in [5, 5.41) is 27.3. The van der Waals surface area contributed by atoms with E-state index in [0.717, 1.165) is 12.8 Å². The Morgan fingerprint density at radius 3 is 2.55 bits per heavy atom. The zero-order valence-electron chi connectivity index (χ0n) is 16.8. The summed E-state index contributed by atoms with van der Waals surface area (Å²) >= 11 is 0. The maximum Gasteiger partial charge on any atom is 0.256 e. The summed E-state index contributed by atoms with van der Waals surface area (Å²) in [6.07, 6.45) is 6.48. The van der Waals surface area contributed by atoms with Crippen molar-refractivity contribution < 1.29 is 9.90 Å². The molecule has 3 heterocycles. The monoisotopic (exact) mass is 395 g/mol. The number of carbonyl (C=O) groups excluding carboxylic acids is 1. The van der Waals surface area contributed by atoms with Gasteiger partial charge < -0.3 is 10.0 Å². The number of para-hydroxylation sites is 1. The molecule has 1 aliphatic rings. The molecular formula is C20H25N7O2. The van der Waals surface area contributed by atoms with Crippen LogP contribution in [0, 0.1) is 0 Å². The number of hydrogen-bond acceptors (Lipinski definition) is 6. The summed E-state index contributed by atoms with van der Waals surface area (Å²) in [5.41, 5.74) is 0.676. The number of amides is 1. The number of aliphatic hydroxyl groups is 1. The topological polar surface area (TPSA) is 102 Å². The lowest BCUT2D eigenvalue weighted by Gasteiger charge is -2.37. The number of likely N-dealkylation sites (tertiary alicyclic amines) is 1. The summed E-state index contributed by atoms with van der Waals surface area (Å²) in [4.78, 5) is 18.4. The molecule has 1 saturated heterocycles. The number of aromatic nitrogens is 6. The number of nitrogens with zero attached hydrogens (tertiary/aromatic N) is 7. The fourth-order valence-corrected chi connectivity index (χ4v) is 3.62. The van der Waals surface area contributed by atoms with Crippen LogP contribution in [0.15, 0.2) is 42.9 Å². The number of benzene rings is 1. The van der Waals surface area contributed by atoms with Crippen molar-refractivity contribution in [3.63, 3.8) is 0 Å². The quantitative estimate of drug-likeness (QED) is 0.724. The molecule has 0 radical (unpaired) electrons. The van der Waals surface area contributed by atoms with Crippen molar-refractivity contribution in [2.24, 2.45) is 0 Å². The van der Waals surface area contributed by atoms with E-state index in [-0.39, 0.29) is 18.0 Å². The molecule has 0 aliphatic carbocycles. The Morgan fingerprint density at radius 1 is 1.14 bits per heavy atom. The maximum absolute atomic E-state index is 13.4. The number of rotatable bonds is 4. The minimum absolute atomic E-state index is 0.0405. The van der Waals surface area contributed by atoms with Crippen LogP contribution in [0.5, 0.6) is 0 Å². The summed E-state index contributed by atoms with van der Waals surface area (Å²) in [5.74, 6) is -0.0648. The number of piperidine rings is 1. The van der Waals surface area contributed by atoms with Gasteiger partial charge in [-0.15, -0.1) is 0 Å². The molecule has 0 spiro atoms. The van der Waals surface area contributed by atoms with Gasteiger partial charge in [0.2, 0.25) is 0 Å². The standard InChI is InChI=1S/C20H25N7O2/c1-14-8-9-15(26-23-12-18(24-26)20(2,3)29)13-25(14)19(28)16-6-4-5-7-17(16)27-21-10-11-22-27/h4-7,10-12,14-15,29H,8-9,13H2,1-3H3/t14-,15-/m1/s1. The molecule has 1 aliphatic heterocycles. The molecule has 2 atom stereocenters. The van der Waals surface area contributed by atoms with E-state index in [0.29, 0.717) is 23.5 Å². The summed E-state index contributed by atoms with van der Waals surface area (Å²) in [6, 6.07) is 7.41. The van der Waals surface area contributed by atoms with E-state index >= 15 is 0 Å². The molecule has 0 bridgehead atoms. The second-order valence-corrected chi connectivity index (χ2v) is 7.98. The van der Waals surface area contributed by atoms with Crippen molar-refractivity contribution in [1.82, 2.24) is 34.9 Å². The van der Waals surface area contributed by atoms with E-state index in [9.17, 15) is 9.90 Å². The molecule has 1 N–H and O–H groups in total. The predicted octanol–water partition coefficient (Wildman–Crippen LogP) is 1.95. The highest BCUT2D eigenvalue weighted by atomic mass is 16.3. The number of hydrogen-bond donors (Lipinski definition) is 1. The lowest BCUT2D eigenvalue weighted by molar-refractivity contribution is 0.0533. The number of carbonyl (C=O) groups is 1. The minimum atomic E-state index is -1.05. The maximum atomic E-state index is 13.4. The Balaban J connectivity index is 1.60. The van der Waals surface area contributed by atoms with Crippen LogP contribution in [0.3, 0.4) is 0 Å². The lowest BCUT2D eigenvalue weighted by atomic mass is 9.98. The van der Waals surface area contributed by atoms with Crippen molar-refractivity contribution in [2.75, 3.05) is 6.54 Å². The molecule has 0 unspecified atom stereocenters. The average molecular weight is 395 g/mol. The first-order valence-electron chi connectivity index (χ1n) is 9.76. The minimum Gasteiger partial charge on any atom is -0.384 e. The molecule has 9 nitrogen and oxygen atoms in total. The van der Waals surface area contributed by atoms with Crippen LogP contribution in [-0.2, 0) is 5.60 Å². The van der Waals surface area contributed by atoms with Crippen LogP contribution in [0.25, 0.3) is 5.69 Å². The van der Waals surface area contributed by atoms with Crippen LogP contribution in [0.1, 0.15) is 55.7 Å². The van der Waals surface area contributed by atoms with Crippen molar-refractivity contribution in [3.05, 3.63) is 54.1 Å². The summed E-state index contributed by atoms with van der Waals surface area (Å²) in [7, 11) is 0. The summed E-state index contributed by atoms with van der Waals surface area (Å²) < 4.78 is 0. The molecule has 1 fully saturated rings. The van der Waals surface area contributed by atoms with Crippen molar-refractivity contribution in [2.45, 2.75) is 51.3 Å². The first-order valence-corrected chi connectivity index (χ1v) is 9.76. The molecule has 2 aromatic heterocycles. The Morgan fingerprint density at radius 2 is 1.86 bits per heavy atom. The molecule has 29 heavy (non-hydrogen) atoms. The Bertz CT molecular complexity index is 990. The Kier molecular flexibility index (Phi) is 4.91. The highest BCUT2D eigenvalue weighted by Crippen LogP contribution is 2.28. The van der Waals surface area contributed by atoms with E-state index in [1.54, 1.807) is 43.3 Å². The Labute approximate surface area is 168 Å². The van der Waals surface area contributed by atoms with Gasteiger partial charge in [0.25, 0.3) is 5.91 Å². The van der Waals surface area contributed by atoms with Crippen LogP contribution >= 0.6 is 0 Å². The third kappa shape index (κ3) is 3.77. The predicted molar refractivity (Wildman–Crippen MR) is 105 cm³/mol. The second-order valence-electron chi connectivity index (χ2n) is 7.98. The van der Waals surface area contributed by atoms with Crippen LogP contribution < -0.4 is 0 Å². The largest absolute Gasteiger partial charge is 0.384 e. The van der Waals surface area contributed by atoms with E-state index in [4.69, 9.17) is 0 Å². The molecule has 9 heteroatoms. The van der Waals surface area contributed by atoms with Crippen molar-refractivity contribution in [3.8, 4) is 5.69 Å². The van der Waals surface area contributed by atoms with Gasteiger partial charge in [-0.2, -0.15) is 30.0 Å². The fraction of sp³-hybridized carbons (Fsp3) is 0.450. The zero-order valence-corrected chi connectivity index (χ0v) is 16.8. The molecule has 0 saturated carbocycles. The molecule has 1 amide bonds. The molecular weight excluding hydrogens is 370 g/mol. The van der Waals surface area contributed by atoms with Gasteiger partial charge >= 0.3 is 0 Å². The van der Waals surface area contributed by atoms with Gasteiger partial charge in [-0.3, -0.25) is 4.79 Å². The normalized spacial score (nSPS) is 20.1. The average Bonchev–Trinajstić information content (AvgIpc) is 3.40. The van der Waals surface area contributed by atoms with E-state index in [2.05, 4.69) is 27.3 Å². The molecule has 1 aromatic carbocycles. The van der Waals surface area contributed by atoms with Gasteiger partial charge in [-0.1, -0.05) is 12.1 Å². The fourth-order valence-electron chi connectivity index (χ4n) is 3.62. The SMILES string of the molecule is C[C@@H]1CC[C@@H](n2ncc(C(C)(C)O)n2)CN1C(=O)c1ccccc1-n1nccn1. The molecule has 3 aromatic rings. The van der Waals surface area contributed by atoms with E-state index in [1.807, 2.05) is 23.1 Å². The van der Waals surface area contributed by atoms with Gasteiger partial charge in [-0.25, -0.2) is 0 Å². The Hall–Kier alpha value is -3.07. The van der Waals surface area contributed by atoms with E-state index < -0.39 is 5.60 Å². The highest BCUT2D eigenvalue weighted by Gasteiger charge is 2.33. The lowest BCUT2D eigenvalue weighted by Crippen LogP contribution is -2.46. The highest BCUT2D eigenvalue weighted by molar-refractivity contribution is 5.98. The van der Waals surface area contributed by atoms with Crippen LogP contribution in [0.4, 0.5) is 0 Å². The van der Waals surface area contributed by atoms with Crippen LogP contribution in [0.2, 0.25) is 0 Å². The van der Waals surface area contributed by atoms with Gasteiger partial charge in [0.05, 0.1) is 35.9 Å². The second kappa shape index (κ2) is 7.40. The van der Waals surface area contributed by atoms with Crippen molar-refractivity contribution in [1.29, 1.82) is 0 Å². The summed E-state index contributed by atoms with van der Waals surface area (Å²) in [6.45, 7) is 5.92. The van der Waals surface area contributed by atoms with Gasteiger partial charge in [0, 0.05) is 12.6 Å². The third-order valence-corrected chi connectivity index (χ3v) is 5.35. The third-order valence-electron chi connectivity index (χ3n) is 5.35. The van der Waals surface area contributed by atoms with Crippen molar-refractivity contribution >= 4 is 5.91 Å². The van der Waals surface area contributed by atoms with Gasteiger partial charge in [0.15, 0.2) is 0 Å². The first kappa shape index (κ1) is 19.3. The molecule has 152 valence electrons. The smallest absolute Gasteiger partial charge is 0.256 e. The molecule has 4 rings (SSSR count). The van der Waals surface area contributed by atoms with Gasteiger partial charge in [-0.05, 0) is 45.7 Å².